The molecule has 2 aromatic carbocycles. The van der Waals surface area contributed by atoms with Gasteiger partial charge in [-0.2, -0.15) is 10.5 Å². The Morgan fingerprint density at radius 1 is 1.05 bits per heavy atom. The van der Waals surface area contributed by atoms with E-state index < -0.39 is 12.1 Å². The lowest BCUT2D eigenvalue weighted by Crippen LogP contribution is -2.18. The van der Waals surface area contributed by atoms with Crippen LogP contribution in [0.1, 0.15) is 11.1 Å². The third-order valence-corrected chi connectivity index (χ3v) is 3.08. The lowest BCUT2D eigenvalue weighted by Gasteiger charge is -2.13. The fourth-order valence-corrected chi connectivity index (χ4v) is 2.09. The predicted molar refractivity (Wildman–Crippen MR) is 73.0 cm³/mol. The Labute approximate surface area is 128 Å². The Morgan fingerprint density at radius 3 is 2.32 bits per heavy atom. The molecule has 0 saturated heterocycles. The van der Waals surface area contributed by atoms with E-state index in [-0.39, 0.29) is 21.7 Å². The molecule has 0 radical (unpaired) electrons. The number of halogens is 4. The molecule has 0 saturated carbocycles. The van der Waals surface area contributed by atoms with Gasteiger partial charge < -0.3 is 4.74 Å². The highest BCUT2D eigenvalue weighted by atomic mass is 35.5. The number of hydrogen-bond donors (Lipinski definition) is 0. The summed E-state index contributed by atoms with van der Waals surface area (Å²) in [4.78, 5) is 0. The molecule has 110 valence electrons. The molecule has 2 rings (SSSR count). The minimum absolute atomic E-state index is 0.144. The van der Waals surface area contributed by atoms with E-state index in [1.807, 2.05) is 6.07 Å². The van der Waals surface area contributed by atoms with Gasteiger partial charge in [0, 0.05) is 5.56 Å². The van der Waals surface area contributed by atoms with Gasteiger partial charge in [-0.25, -0.2) is 0 Å². The highest BCUT2D eigenvalue weighted by Gasteiger charge is 2.32. The molecule has 0 atom stereocenters. The number of hydrogen-bond acceptors (Lipinski definition) is 3. The molecule has 0 bridgehead atoms. The molecule has 7 heteroatoms. The molecule has 0 heterocycles. The third kappa shape index (κ3) is 3.30. The van der Waals surface area contributed by atoms with Crippen LogP contribution in [-0.2, 0) is 0 Å². The molecule has 3 nitrogen and oxygen atoms in total. The molecular formula is C15H6ClF3N2O. The SMILES string of the molecule is N#Cc1ccc(-c2cccc(OC(F)(F)F)c2C#N)cc1Cl. The summed E-state index contributed by atoms with van der Waals surface area (Å²) in [6.07, 6.45) is -4.90. The normalized spacial score (nSPS) is 10.6. The van der Waals surface area contributed by atoms with Crippen LogP contribution in [0.3, 0.4) is 0 Å². The van der Waals surface area contributed by atoms with Crippen molar-refractivity contribution in [3.8, 4) is 29.0 Å². The summed E-state index contributed by atoms with van der Waals surface area (Å²) in [5, 5.41) is 18.1. The van der Waals surface area contributed by atoms with Gasteiger partial charge in [-0.3, -0.25) is 0 Å². The maximum absolute atomic E-state index is 12.4. The number of rotatable bonds is 2. The average molecular weight is 323 g/mol. The van der Waals surface area contributed by atoms with E-state index in [1.54, 1.807) is 6.07 Å². The second-order valence-electron chi connectivity index (χ2n) is 4.14. The van der Waals surface area contributed by atoms with Gasteiger partial charge in [0.1, 0.15) is 23.5 Å². The van der Waals surface area contributed by atoms with Crippen LogP contribution in [0.25, 0.3) is 11.1 Å². The Hall–Kier alpha value is -2.70. The van der Waals surface area contributed by atoms with Gasteiger partial charge in [-0.1, -0.05) is 29.8 Å². The van der Waals surface area contributed by atoms with Crippen molar-refractivity contribution in [2.45, 2.75) is 6.36 Å². The molecule has 0 fully saturated rings. The summed E-state index contributed by atoms with van der Waals surface area (Å²) >= 11 is 5.90. The van der Waals surface area contributed by atoms with E-state index in [0.29, 0.717) is 5.56 Å². The number of alkyl halides is 3. The smallest absolute Gasteiger partial charge is 0.404 e. The van der Waals surface area contributed by atoms with Crippen molar-refractivity contribution < 1.29 is 17.9 Å². The number of nitriles is 2. The first-order valence-electron chi connectivity index (χ1n) is 5.84. The fraction of sp³-hybridized carbons (Fsp3) is 0.0667. The molecule has 2 aromatic rings. The van der Waals surface area contributed by atoms with E-state index >= 15 is 0 Å². The van der Waals surface area contributed by atoms with Crippen LogP contribution >= 0.6 is 11.6 Å². The van der Waals surface area contributed by atoms with E-state index in [0.717, 1.165) is 6.07 Å². The standard InChI is InChI=1S/C15H6ClF3N2O/c16-13-6-9(4-5-10(13)7-20)11-2-1-3-14(12(11)8-21)22-15(17,18)19/h1-6H. The summed E-state index contributed by atoms with van der Waals surface area (Å²) in [6.45, 7) is 0. The second kappa shape index (κ2) is 5.97. The lowest BCUT2D eigenvalue weighted by molar-refractivity contribution is -0.274. The monoisotopic (exact) mass is 322 g/mol. The number of benzene rings is 2. The van der Waals surface area contributed by atoms with Gasteiger partial charge in [0.2, 0.25) is 0 Å². The van der Waals surface area contributed by atoms with E-state index in [4.69, 9.17) is 22.1 Å². The fourth-order valence-electron chi connectivity index (χ4n) is 1.87. The van der Waals surface area contributed by atoms with Crippen molar-refractivity contribution in [1.29, 1.82) is 10.5 Å². The van der Waals surface area contributed by atoms with Crippen LogP contribution in [0.4, 0.5) is 13.2 Å². The van der Waals surface area contributed by atoms with Gasteiger partial charge in [0.25, 0.3) is 0 Å². The topological polar surface area (TPSA) is 56.8 Å². The quantitative estimate of drug-likeness (QED) is 0.808. The molecule has 0 spiro atoms. The number of nitrogens with zero attached hydrogens (tertiary/aromatic N) is 2. The Morgan fingerprint density at radius 2 is 1.77 bits per heavy atom. The van der Waals surface area contributed by atoms with Crippen molar-refractivity contribution in [1.82, 2.24) is 0 Å². The molecule has 0 aliphatic carbocycles. The van der Waals surface area contributed by atoms with Crippen molar-refractivity contribution in [3.63, 3.8) is 0 Å². The minimum Gasteiger partial charge on any atom is -0.404 e. The van der Waals surface area contributed by atoms with Crippen LogP contribution < -0.4 is 4.74 Å². The molecule has 0 aromatic heterocycles. The van der Waals surface area contributed by atoms with Gasteiger partial charge in [-0.05, 0) is 23.8 Å². The van der Waals surface area contributed by atoms with Crippen molar-refractivity contribution in [2.24, 2.45) is 0 Å². The van der Waals surface area contributed by atoms with Crippen molar-refractivity contribution in [2.75, 3.05) is 0 Å². The molecule has 0 aliphatic rings. The van der Waals surface area contributed by atoms with Gasteiger partial charge >= 0.3 is 6.36 Å². The summed E-state index contributed by atoms with van der Waals surface area (Å²) < 4.78 is 41.0. The average Bonchev–Trinajstić information content (AvgIpc) is 2.45. The molecule has 0 N–H and O–H groups in total. The first-order valence-corrected chi connectivity index (χ1v) is 6.22. The summed E-state index contributed by atoms with van der Waals surface area (Å²) in [5.41, 5.74) is 0.607. The second-order valence-corrected chi connectivity index (χ2v) is 4.55. The zero-order valence-electron chi connectivity index (χ0n) is 10.8. The van der Waals surface area contributed by atoms with Crippen LogP contribution in [-0.4, -0.2) is 6.36 Å². The molecule has 0 aliphatic heterocycles. The van der Waals surface area contributed by atoms with E-state index in [2.05, 4.69) is 4.74 Å². The number of ether oxygens (including phenoxy) is 1. The molecule has 22 heavy (non-hydrogen) atoms. The summed E-state index contributed by atoms with van der Waals surface area (Å²) in [5.74, 6) is -0.590. The largest absolute Gasteiger partial charge is 0.573 e. The first kappa shape index (κ1) is 15.7. The maximum atomic E-state index is 12.4. The highest BCUT2D eigenvalue weighted by Crippen LogP contribution is 2.34. The Bertz CT molecular complexity index is 804. The predicted octanol–water partition coefficient (Wildman–Crippen LogP) is 4.65. The van der Waals surface area contributed by atoms with E-state index in [9.17, 15) is 13.2 Å². The Balaban J connectivity index is 2.57. The summed E-state index contributed by atoms with van der Waals surface area (Å²) in [6, 6.07) is 11.8. The first-order chi connectivity index (χ1) is 10.4. The molecular weight excluding hydrogens is 317 g/mol. The zero-order valence-corrected chi connectivity index (χ0v) is 11.5. The van der Waals surface area contributed by atoms with Crippen molar-refractivity contribution >= 4 is 11.6 Å². The van der Waals surface area contributed by atoms with Gasteiger partial charge in [0.15, 0.2) is 0 Å². The van der Waals surface area contributed by atoms with Crippen LogP contribution in [0.2, 0.25) is 5.02 Å². The van der Waals surface area contributed by atoms with Gasteiger partial charge in [0.05, 0.1) is 10.6 Å². The van der Waals surface area contributed by atoms with Gasteiger partial charge in [-0.15, -0.1) is 13.2 Å². The maximum Gasteiger partial charge on any atom is 0.573 e. The Kier molecular flexibility index (Phi) is 4.25. The minimum atomic E-state index is -4.90. The molecule has 0 unspecified atom stereocenters. The zero-order chi connectivity index (χ0) is 16.3. The highest BCUT2D eigenvalue weighted by molar-refractivity contribution is 6.32. The summed E-state index contributed by atoms with van der Waals surface area (Å²) in [7, 11) is 0. The van der Waals surface area contributed by atoms with Crippen LogP contribution in [0.5, 0.6) is 5.75 Å². The lowest BCUT2D eigenvalue weighted by atomic mass is 9.98. The molecule has 0 amide bonds. The third-order valence-electron chi connectivity index (χ3n) is 2.76. The van der Waals surface area contributed by atoms with E-state index in [1.165, 1.54) is 30.3 Å². The van der Waals surface area contributed by atoms with Crippen LogP contribution in [0, 0.1) is 22.7 Å². The van der Waals surface area contributed by atoms with Crippen molar-refractivity contribution in [3.05, 3.63) is 52.5 Å². The van der Waals surface area contributed by atoms with Crippen LogP contribution in [0.15, 0.2) is 36.4 Å².